The molecule has 0 aliphatic heterocycles. The van der Waals surface area contributed by atoms with Crippen LogP contribution in [0.5, 0.6) is 0 Å². The minimum absolute atomic E-state index is 0. The topological polar surface area (TPSA) is 55.8 Å². The van der Waals surface area contributed by atoms with E-state index in [1.54, 1.807) is 20.8 Å². The third-order valence-corrected chi connectivity index (χ3v) is 1.73. The van der Waals surface area contributed by atoms with Crippen molar-refractivity contribution in [3.05, 3.63) is 6.92 Å². The number of terminal acetylenes is 3. The summed E-state index contributed by atoms with van der Waals surface area (Å²) < 4.78 is 9.55. The van der Waals surface area contributed by atoms with Crippen LogP contribution in [0.4, 0.5) is 0 Å². The van der Waals surface area contributed by atoms with Gasteiger partial charge in [-0.1, -0.05) is 41.4 Å². The second kappa shape index (κ2) is 37.8. The Kier molecular flexibility index (Phi) is 53.4. The summed E-state index contributed by atoms with van der Waals surface area (Å²) in [5, 5.41) is 9.43. The van der Waals surface area contributed by atoms with Crippen molar-refractivity contribution < 1.29 is 36.4 Å². The van der Waals surface area contributed by atoms with Crippen LogP contribution in [0.1, 0.15) is 34.6 Å². The normalized spacial score (nSPS) is 8.27. The number of hydrogen-bond donors (Lipinski definition) is 1. The van der Waals surface area contributed by atoms with E-state index in [1.165, 1.54) is 13.8 Å². The molecule has 0 aromatic heterocycles. The smallest absolute Gasteiger partial charge is 1.00 e. The molecule has 4 nitrogen and oxygen atoms in total. The van der Waals surface area contributed by atoms with Crippen LogP contribution in [0.15, 0.2) is 0 Å². The predicted molar refractivity (Wildman–Crippen MR) is 121 cm³/mol. The Morgan fingerprint density at radius 3 is 1.60 bits per heavy atom. The SMILES string of the molecule is C#CCOCC#C.C#CCOCC#CC(C)(O)C#CC.CC#CC(C)=O.[Br-].[CH2-]C.[Mg+2]. The molecule has 1 unspecified atom stereocenters. The molecular weight excluding hydrogens is 456 g/mol. The number of halogens is 1. The van der Waals surface area contributed by atoms with Gasteiger partial charge in [0.05, 0.1) is 0 Å². The second-order valence-electron chi connectivity index (χ2n) is 4.28. The molecule has 1 atom stereocenters. The fraction of sp³-hybridized carbons (Fsp3) is 0.417. The van der Waals surface area contributed by atoms with Crippen LogP contribution in [0.25, 0.3) is 0 Å². The fourth-order valence-corrected chi connectivity index (χ4v) is 0.989. The molecule has 0 bridgehead atoms. The minimum atomic E-state index is -1.26. The predicted octanol–water partition coefficient (Wildman–Crippen LogP) is -1.25. The Hall–Kier alpha value is -1.84. The van der Waals surface area contributed by atoms with Gasteiger partial charge in [0.1, 0.15) is 26.4 Å². The third kappa shape index (κ3) is 56.2. The maximum absolute atomic E-state index is 9.87. The van der Waals surface area contributed by atoms with Crippen molar-refractivity contribution >= 4 is 28.8 Å². The van der Waals surface area contributed by atoms with E-state index in [9.17, 15) is 9.90 Å². The van der Waals surface area contributed by atoms with Crippen LogP contribution < -0.4 is 17.0 Å². The summed E-state index contributed by atoms with van der Waals surface area (Å²) in [7, 11) is 0. The first kappa shape index (κ1) is 42.3. The summed E-state index contributed by atoms with van der Waals surface area (Å²) in [5.41, 5.74) is -1.26. The maximum atomic E-state index is 9.87. The molecule has 0 radical (unpaired) electrons. The molecule has 0 aliphatic carbocycles. The Balaban J connectivity index is -0.0000000726. The average Bonchev–Trinajstić information content (AvgIpc) is 2.64. The molecule has 0 spiro atoms. The van der Waals surface area contributed by atoms with E-state index in [1.807, 2.05) is 0 Å². The van der Waals surface area contributed by atoms with Gasteiger partial charge in [0.2, 0.25) is 5.78 Å². The van der Waals surface area contributed by atoms with Gasteiger partial charge >= 0.3 is 23.1 Å². The first-order chi connectivity index (χ1) is 13.3. The Morgan fingerprint density at radius 2 is 1.33 bits per heavy atom. The van der Waals surface area contributed by atoms with Crippen LogP contribution in [-0.4, -0.2) is 66.0 Å². The molecule has 0 aliphatic rings. The zero-order valence-corrected chi connectivity index (χ0v) is 21.5. The van der Waals surface area contributed by atoms with Crippen molar-refractivity contribution in [2.45, 2.75) is 40.2 Å². The van der Waals surface area contributed by atoms with Gasteiger partial charge in [0.15, 0.2) is 5.60 Å². The summed E-state index contributed by atoms with van der Waals surface area (Å²) in [5.74, 6) is 21.9. The van der Waals surface area contributed by atoms with Crippen LogP contribution in [0.3, 0.4) is 0 Å². The van der Waals surface area contributed by atoms with Crippen molar-refractivity contribution in [2.24, 2.45) is 0 Å². The van der Waals surface area contributed by atoms with Crippen LogP contribution in [0, 0.1) is 79.5 Å². The van der Waals surface area contributed by atoms with Gasteiger partial charge in [0, 0.05) is 6.92 Å². The largest absolute Gasteiger partial charge is 2.00 e. The van der Waals surface area contributed by atoms with Crippen LogP contribution >= 0.6 is 0 Å². The molecular formula is C24H29BrMgO4. The molecule has 0 heterocycles. The fourth-order valence-electron chi connectivity index (χ4n) is 0.989. The molecule has 0 aromatic carbocycles. The van der Waals surface area contributed by atoms with Crippen molar-refractivity contribution in [2.75, 3.05) is 26.4 Å². The first-order valence-corrected chi connectivity index (χ1v) is 8.07. The average molecular weight is 486 g/mol. The van der Waals surface area contributed by atoms with E-state index >= 15 is 0 Å². The number of ketones is 1. The van der Waals surface area contributed by atoms with Crippen molar-refractivity contribution in [3.63, 3.8) is 0 Å². The minimum Gasteiger partial charge on any atom is -1.00 e. The summed E-state index contributed by atoms with van der Waals surface area (Å²) in [6, 6.07) is 0. The van der Waals surface area contributed by atoms with Gasteiger partial charge < -0.3 is 38.5 Å². The molecule has 6 heteroatoms. The standard InChI is InChI=1S/C11H12O2.C6H6O.C5H6O.C2H5.BrH.Mg/c1-4-7-11(3,12)8-6-10-13-9-5-2;1-3-5-7-6-4-2;1-3-4-5(2)6;1-2;;/h2,12H,9-10H2,1,3H3;1-2H,5-6H2;1-2H3;1H2,2H3;1H;/q;;;-1;;+2/p-1. The number of Topliss-reactive ketones (excluding diaryl/α,β-unsaturated/α-hetero) is 1. The number of carbonyl (C=O) groups is 1. The molecule has 1 N–H and O–H groups in total. The molecule has 0 fully saturated rings. The number of rotatable bonds is 4. The maximum Gasteiger partial charge on any atom is 2.00 e. The van der Waals surface area contributed by atoms with E-state index in [4.69, 9.17) is 24.0 Å². The van der Waals surface area contributed by atoms with Gasteiger partial charge in [0.25, 0.3) is 0 Å². The number of aliphatic hydroxyl groups is 1. The number of hydrogen-bond acceptors (Lipinski definition) is 4. The van der Waals surface area contributed by atoms with E-state index in [0.29, 0.717) is 13.2 Å². The first-order valence-electron chi connectivity index (χ1n) is 8.07. The van der Waals surface area contributed by atoms with Gasteiger partial charge in [-0.25, -0.2) is 0 Å². The Labute approximate surface area is 210 Å². The van der Waals surface area contributed by atoms with Gasteiger partial charge in [-0.2, -0.15) is 6.92 Å². The quantitative estimate of drug-likeness (QED) is 0.178. The van der Waals surface area contributed by atoms with Crippen LogP contribution in [-0.2, 0) is 14.3 Å². The zero-order valence-electron chi connectivity index (χ0n) is 18.5. The molecule has 0 aromatic rings. The summed E-state index contributed by atoms with van der Waals surface area (Å²) in [6.45, 7) is 12.3. The summed E-state index contributed by atoms with van der Waals surface area (Å²) >= 11 is 0. The Bertz CT molecular complexity index is 689. The molecule has 0 rings (SSSR count). The van der Waals surface area contributed by atoms with Gasteiger partial charge in [-0.05, 0) is 26.7 Å². The van der Waals surface area contributed by atoms with E-state index in [-0.39, 0.29) is 59.0 Å². The molecule has 158 valence electrons. The van der Waals surface area contributed by atoms with Gasteiger partial charge in [-0.3, -0.25) is 4.79 Å². The molecule has 0 amide bonds. The second-order valence-corrected chi connectivity index (χ2v) is 4.28. The molecule has 30 heavy (non-hydrogen) atoms. The molecule has 0 saturated carbocycles. The van der Waals surface area contributed by atoms with Gasteiger partial charge in [-0.15, -0.1) is 25.2 Å². The zero-order chi connectivity index (χ0) is 22.7. The van der Waals surface area contributed by atoms with Crippen molar-refractivity contribution in [1.29, 1.82) is 0 Å². The Morgan fingerprint density at radius 1 is 0.933 bits per heavy atom. The van der Waals surface area contributed by atoms with E-state index < -0.39 is 5.60 Å². The van der Waals surface area contributed by atoms with E-state index in [0.717, 1.165) is 0 Å². The number of carbonyl (C=O) groups excluding carboxylic acids is 1. The van der Waals surface area contributed by atoms with Crippen LogP contribution in [0.2, 0.25) is 0 Å². The number of ether oxygens (including phenoxy) is 2. The third-order valence-electron chi connectivity index (χ3n) is 1.73. The van der Waals surface area contributed by atoms with Crippen molar-refractivity contribution in [3.8, 4) is 72.6 Å². The van der Waals surface area contributed by atoms with E-state index in [2.05, 4.69) is 64.9 Å². The molecule has 0 saturated heterocycles. The van der Waals surface area contributed by atoms with Crippen molar-refractivity contribution in [1.82, 2.24) is 0 Å². The summed E-state index contributed by atoms with van der Waals surface area (Å²) in [4.78, 5) is 9.87. The summed E-state index contributed by atoms with van der Waals surface area (Å²) in [6.07, 6.45) is 14.6. The monoisotopic (exact) mass is 484 g/mol.